The summed E-state index contributed by atoms with van der Waals surface area (Å²) >= 11 is 3.27. The van der Waals surface area contributed by atoms with Crippen LogP contribution >= 0.6 is 15.9 Å². The molecule has 1 atom stereocenters. The Balaban J connectivity index is 3.75. The number of amides is 1. The van der Waals surface area contributed by atoms with Crippen molar-refractivity contribution in [3.05, 3.63) is 0 Å². The maximum Gasteiger partial charge on any atom is 0.408 e. The lowest BCUT2D eigenvalue weighted by molar-refractivity contribution is 0.0522. The van der Waals surface area contributed by atoms with Gasteiger partial charge >= 0.3 is 6.09 Å². The van der Waals surface area contributed by atoms with Gasteiger partial charge in [-0.05, 0) is 27.2 Å². The highest BCUT2D eigenvalue weighted by Gasteiger charge is 2.17. The molecule has 0 aliphatic carbocycles. The second-order valence-corrected chi connectivity index (χ2v) is 4.63. The molecule has 1 N–H and O–H groups in total. The number of carbonyl (C=O) groups excluding carboxylic acids is 1. The van der Waals surface area contributed by atoms with E-state index in [9.17, 15) is 4.79 Å². The van der Waals surface area contributed by atoms with E-state index < -0.39 is 5.60 Å². The van der Waals surface area contributed by atoms with Crippen LogP contribution in [0, 0.1) is 0 Å². The zero-order chi connectivity index (χ0) is 9.78. The van der Waals surface area contributed by atoms with Gasteiger partial charge in [0.2, 0.25) is 0 Å². The van der Waals surface area contributed by atoms with Crippen molar-refractivity contribution in [2.45, 2.75) is 44.7 Å². The van der Waals surface area contributed by atoms with Crippen molar-refractivity contribution < 1.29 is 9.53 Å². The first-order chi connectivity index (χ1) is 5.35. The fourth-order valence-electron chi connectivity index (χ4n) is 0.537. The van der Waals surface area contributed by atoms with Crippen LogP contribution in [0.2, 0.25) is 0 Å². The number of alkyl halides is 1. The van der Waals surface area contributed by atoms with Crippen LogP contribution in [0.5, 0.6) is 0 Å². The minimum absolute atomic E-state index is 0.00708. The van der Waals surface area contributed by atoms with Crippen molar-refractivity contribution >= 4 is 22.0 Å². The van der Waals surface area contributed by atoms with E-state index in [1.807, 2.05) is 27.7 Å². The van der Waals surface area contributed by atoms with E-state index in [-0.39, 0.29) is 11.0 Å². The number of hydrogen-bond donors (Lipinski definition) is 1. The Morgan fingerprint density at radius 1 is 1.58 bits per heavy atom. The first-order valence-electron chi connectivity index (χ1n) is 3.98. The van der Waals surface area contributed by atoms with Crippen LogP contribution in [0.4, 0.5) is 4.79 Å². The van der Waals surface area contributed by atoms with E-state index in [1.54, 1.807) is 0 Å². The highest BCUT2D eigenvalue weighted by molar-refractivity contribution is 9.09. The summed E-state index contributed by atoms with van der Waals surface area (Å²) < 4.78 is 5.03. The van der Waals surface area contributed by atoms with Gasteiger partial charge in [0.1, 0.15) is 5.60 Å². The highest BCUT2D eigenvalue weighted by Crippen LogP contribution is 2.08. The molecule has 3 nitrogen and oxygen atoms in total. The summed E-state index contributed by atoms with van der Waals surface area (Å²) in [7, 11) is 0. The van der Waals surface area contributed by atoms with Crippen LogP contribution < -0.4 is 5.32 Å². The lowest BCUT2D eigenvalue weighted by Crippen LogP contribution is -2.36. The van der Waals surface area contributed by atoms with Crippen LogP contribution in [-0.4, -0.2) is 16.6 Å². The van der Waals surface area contributed by atoms with Crippen LogP contribution in [0.15, 0.2) is 0 Å². The van der Waals surface area contributed by atoms with Crippen LogP contribution in [0.3, 0.4) is 0 Å². The lowest BCUT2D eigenvalue weighted by atomic mass is 10.2. The average Bonchev–Trinajstić information content (AvgIpc) is 1.82. The van der Waals surface area contributed by atoms with E-state index >= 15 is 0 Å². The van der Waals surface area contributed by atoms with Crippen molar-refractivity contribution in [1.82, 2.24) is 5.32 Å². The summed E-state index contributed by atoms with van der Waals surface area (Å²) in [6.45, 7) is 7.47. The Labute approximate surface area is 82.0 Å². The molecule has 0 aliphatic rings. The normalized spacial score (nSPS) is 13.8. The Bertz CT molecular complexity index is 154. The van der Waals surface area contributed by atoms with E-state index in [4.69, 9.17) is 4.74 Å². The summed E-state index contributed by atoms with van der Waals surface area (Å²) in [4.78, 5) is 11.1. The van der Waals surface area contributed by atoms with Crippen LogP contribution in [-0.2, 0) is 4.74 Å². The third-order valence-corrected chi connectivity index (χ3v) is 1.91. The molecular formula is C8H16BrNO2. The Kier molecular flexibility index (Phi) is 4.60. The second kappa shape index (κ2) is 4.70. The van der Waals surface area contributed by atoms with E-state index in [0.717, 1.165) is 6.42 Å². The zero-order valence-electron chi connectivity index (χ0n) is 7.98. The van der Waals surface area contributed by atoms with Crippen molar-refractivity contribution in [3.8, 4) is 0 Å². The van der Waals surface area contributed by atoms with Crippen LogP contribution in [0.25, 0.3) is 0 Å². The molecule has 0 aliphatic heterocycles. The zero-order valence-corrected chi connectivity index (χ0v) is 9.56. The Hall–Kier alpha value is -0.250. The van der Waals surface area contributed by atoms with Crippen molar-refractivity contribution in [3.63, 3.8) is 0 Å². The molecule has 0 bridgehead atoms. The van der Waals surface area contributed by atoms with Gasteiger partial charge in [0, 0.05) is 0 Å². The topological polar surface area (TPSA) is 38.3 Å². The van der Waals surface area contributed by atoms with Crippen molar-refractivity contribution in [2.75, 3.05) is 0 Å². The molecule has 0 saturated heterocycles. The van der Waals surface area contributed by atoms with Crippen molar-refractivity contribution in [1.29, 1.82) is 0 Å². The van der Waals surface area contributed by atoms with Gasteiger partial charge in [0.15, 0.2) is 0 Å². The molecule has 0 heterocycles. The molecule has 1 unspecified atom stereocenters. The quantitative estimate of drug-likeness (QED) is 0.593. The highest BCUT2D eigenvalue weighted by atomic mass is 79.9. The Morgan fingerprint density at radius 2 is 2.08 bits per heavy atom. The molecule has 0 rings (SSSR count). The van der Waals surface area contributed by atoms with Gasteiger partial charge < -0.3 is 10.1 Å². The van der Waals surface area contributed by atoms with Gasteiger partial charge in [-0.15, -0.1) is 0 Å². The number of halogens is 1. The molecule has 0 aromatic rings. The smallest absolute Gasteiger partial charge is 0.408 e. The van der Waals surface area contributed by atoms with E-state index in [1.165, 1.54) is 0 Å². The number of nitrogens with one attached hydrogen (secondary N) is 1. The standard InChI is InChI=1S/C8H16BrNO2/c1-5-6(9)10-7(11)12-8(2,3)4/h6H,5H2,1-4H3,(H,10,11). The third-order valence-electron chi connectivity index (χ3n) is 1.03. The first-order valence-corrected chi connectivity index (χ1v) is 4.90. The molecule has 12 heavy (non-hydrogen) atoms. The second-order valence-electron chi connectivity index (χ2n) is 3.52. The summed E-state index contributed by atoms with van der Waals surface area (Å²) in [6, 6.07) is 0. The Morgan fingerprint density at radius 3 is 2.42 bits per heavy atom. The average molecular weight is 238 g/mol. The van der Waals surface area contributed by atoms with Gasteiger partial charge in [-0.1, -0.05) is 22.9 Å². The SMILES string of the molecule is CCC(Br)NC(=O)OC(C)(C)C. The lowest BCUT2D eigenvalue weighted by Gasteiger charge is -2.20. The summed E-state index contributed by atoms with van der Waals surface area (Å²) in [5, 5.41) is 2.64. The van der Waals surface area contributed by atoms with Gasteiger partial charge in [-0.3, -0.25) is 0 Å². The number of ether oxygens (including phenoxy) is 1. The molecule has 0 aromatic heterocycles. The maximum absolute atomic E-state index is 11.1. The summed E-state index contributed by atoms with van der Waals surface area (Å²) in [6.07, 6.45) is 0.449. The molecule has 4 heteroatoms. The van der Waals surface area contributed by atoms with Gasteiger partial charge in [0.05, 0.1) is 4.95 Å². The molecule has 0 radical (unpaired) electrons. The number of hydrogen-bond acceptors (Lipinski definition) is 2. The summed E-state index contributed by atoms with van der Waals surface area (Å²) in [5.74, 6) is 0. The molecular weight excluding hydrogens is 222 g/mol. The largest absolute Gasteiger partial charge is 0.444 e. The number of rotatable bonds is 2. The monoisotopic (exact) mass is 237 g/mol. The molecule has 1 amide bonds. The fraction of sp³-hybridized carbons (Fsp3) is 0.875. The van der Waals surface area contributed by atoms with Crippen molar-refractivity contribution in [2.24, 2.45) is 0 Å². The van der Waals surface area contributed by atoms with Gasteiger partial charge in [-0.25, -0.2) is 4.79 Å². The van der Waals surface area contributed by atoms with Gasteiger partial charge in [-0.2, -0.15) is 0 Å². The minimum Gasteiger partial charge on any atom is -0.444 e. The summed E-state index contributed by atoms with van der Waals surface area (Å²) in [5.41, 5.74) is -0.426. The maximum atomic E-state index is 11.1. The van der Waals surface area contributed by atoms with E-state index in [2.05, 4.69) is 21.2 Å². The molecule has 0 aromatic carbocycles. The molecule has 72 valence electrons. The number of carbonyl (C=O) groups is 1. The first kappa shape index (κ1) is 11.8. The fourth-order valence-corrected chi connectivity index (χ4v) is 0.724. The predicted molar refractivity (Wildman–Crippen MR) is 52.4 cm³/mol. The molecule has 0 fully saturated rings. The number of alkyl carbamates (subject to hydrolysis) is 1. The molecule has 0 spiro atoms. The molecule has 0 saturated carbocycles. The predicted octanol–water partition coefficient (Wildman–Crippen LogP) is 2.64. The third kappa shape index (κ3) is 6.46. The minimum atomic E-state index is -0.426. The van der Waals surface area contributed by atoms with E-state index in [0.29, 0.717) is 0 Å². The van der Waals surface area contributed by atoms with Gasteiger partial charge in [0.25, 0.3) is 0 Å². The van der Waals surface area contributed by atoms with Crippen LogP contribution in [0.1, 0.15) is 34.1 Å².